The second-order valence-corrected chi connectivity index (χ2v) is 5.55. The molecule has 5 heteroatoms. The number of rotatable bonds is 2. The number of nitrogens with one attached hydrogen (secondary N) is 1. The molecule has 2 aliphatic heterocycles. The molecule has 2 saturated heterocycles. The first kappa shape index (κ1) is 12.7. The SMILES string of the molecule is CNc1ncnc(N2CCN3CCCCC3C2)c1C. The highest BCUT2D eigenvalue weighted by Gasteiger charge is 2.30. The second kappa shape index (κ2) is 5.33. The number of anilines is 2. The number of aromatic nitrogens is 2. The molecule has 2 aliphatic rings. The van der Waals surface area contributed by atoms with E-state index in [4.69, 9.17) is 0 Å². The minimum absolute atomic E-state index is 0.718. The Hall–Kier alpha value is -1.36. The first-order chi connectivity index (χ1) is 9.29. The van der Waals surface area contributed by atoms with Gasteiger partial charge in [0.1, 0.15) is 18.0 Å². The summed E-state index contributed by atoms with van der Waals surface area (Å²) in [5.41, 5.74) is 1.16. The fraction of sp³-hybridized carbons (Fsp3) is 0.714. The topological polar surface area (TPSA) is 44.3 Å². The molecule has 0 amide bonds. The van der Waals surface area contributed by atoms with Crippen LogP contribution in [0.2, 0.25) is 0 Å². The Morgan fingerprint density at radius 3 is 2.95 bits per heavy atom. The lowest BCUT2D eigenvalue weighted by atomic mass is 9.99. The molecule has 0 spiro atoms. The summed E-state index contributed by atoms with van der Waals surface area (Å²) in [5.74, 6) is 2.04. The predicted molar refractivity (Wildman–Crippen MR) is 77.7 cm³/mol. The maximum absolute atomic E-state index is 4.50. The summed E-state index contributed by atoms with van der Waals surface area (Å²) in [6, 6.07) is 0.718. The van der Waals surface area contributed by atoms with E-state index in [1.807, 2.05) is 7.05 Å². The quantitative estimate of drug-likeness (QED) is 0.874. The van der Waals surface area contributed by atoms with E-state index in [1.54, 1.807) is 6.33 Å². The smallest absolute Gasteiger partial charge is 0.137 e. The summed E-state index contributed by atoms with van der Waals surface area (Å²) >= 11 is 0. The van der Waals surface area contributed by atoms with Gasteiger partial charge in [0.15, 0.2) is 0 Å². The zero-order chi connectivity index (χ0) is 13.2. The van der Waals surface area contributed by atoms with Gasteiger partial charge in [-0.3, -0.25) is 4.90 Å². The molecule has 0 bridgehead atoms. The highest BCUT2D eigenvalue weighted by molar-refractivity contribution is 5.57. The minimum atomic E-state index is 0.718. The Labute approximate surface area is 115 Å². The van der Waals surface area contributed by atoms with E-state index < -0.39 is 0 Å². The van der Waals surface area contributed by atoms with Gasteiger partial charge in [-0.2, -0.15) is 0 Å². The molecule has 3 rings (SSSR count). The van der Waals surface area contributed by atoms with Gasteiger partial charge < -0.3 is 10.2 Å². The molecular formula is C14H23N5. The van der Waals surface area contributed by atoms with Crippen LogP contribution in [0.25, 0.3) is 0 Å². The highest BCUT2D eigenvalue weighted by Crippen LogP contribution is 2.27. The fourth-order valence-corrected chi connectivity index (χ4v) is 3.36. The molecule has 1 N–H and O–H groups in total. The maximum Gasteiger partial charge on any atom is 0.137 e. The predicted octanol–water partition coefficient (Wildman–Crippen LogP) is 1.50. The molecule has 0 aliphatic carbocycles. The molecule has 19 heavy (non-hydrogen) atoms. The molecule has 2 fully saturated rings. The van der Waals surface area contributed by atoms with E-state index in [1.165, 1.54) is 32.4 Å². The Bertz CT molecular complexity index is 447. The normalized spacial score (nSPS) is 24.1. The van der Waals surface area contributed by atoms with Crippen molar-refractivity contribution in [1.82, 2.24) is 14.9 Å². The van der Waals surface area contributed by atoms with Crippen LogP contribution in [0.4, 0.5) is 11.6 Å². The number of piperidine rings is 1. The standard InChI is InChI=1S/C14H23N5/c1-11-13(15-2)16-10-17-14(11)19-8-7-18-6-4-3-5-12(18)9-19/h10,12H,3-9H2,1-2H3,(H,15,16,17). The zero-order valence-electron chi connectivity index (χ0n) is 11.9. The first-order valence-corrected chi connectivity index (χ1v) is 7.28. The van der Waals surface area contributed by atoms with Gasteiger partial charge in [-0.25, -0.2) is 9.97 Å². The monoisotopic (exact) mass is 261 g/mol. The van der Waals surface area contributed by atoms with Crippen LogP contribution < -0.4 is 10.2 Å². The van der Waals surface area contributed by atoms with Crippen LogP contribution >= 0.6 is 0 Å². The van der Waals surface area contributed by atoms with Crippen LogP contribution in [0, 0.1) is 6.92 Å². The van der Waals surface area contributed by atoms with Crippen LogP contribution in [0.3, 0.4) is 0 Å². The minimum Gasteiger partial charge on any atom is -0.373 e. The number of piperazine rings is 1. The van der Waals surface area contributed by atoms with E-state index in [9.17, 15) is 0 Å². The van der Waals surface area contributed by atoms with Gasteiger partial charge in [0, 0.05) is 38.3 Å². The van der Waals surface area contributed by atoms with Gasteiger partial charge in [0.05, 0.1) is 0 Å². The van der Waals surface area contributed by atoms with Crippen LogP contribution in [0.1, 0.15) is 24.8 Å². The van der Waals surface area contributed by atoms with Crippen molar-refractivity contribution in [2.45, 2.75) is 32.2 Å². The Morgan fingerprint density at radius 1 is 1.21 bits per heavy atom. The van der Waals surface area contributed by atoms with Crippen molar-refractivity contribution < 1.29 is 0 Å². The number of fused-ring (bicyclic) bond motifs is 1. The van der Waals surface area contributed by atoms with E-state index >= 15 is 0 Å². The lowest BCUT2D eigenvalue weighted by molar-refractivity contribution is 0.133. The zero-order valence-corrected chi connectivity index (χ0v) is 11.9. The number of hydrogen-bond donors (Lipinski definition) is 1. The van der Waals surface area contributed by atoms with Crippen molar-refractivity contribution in [3.05, 3.63) is 11.9 Å². The summed E-state index contributed by atoms with van der Waals surface area (Å²) in [6.45, 7) is 6.75. The molecule has 104 valence electrons. The molecule has 1 aromatic rings. The van der Waals surface area contributed by atoms with Crippen LogP contribution in [-0.4, -0.2) is 54.1 Å². The second-order valence-electron chi connectivity index (χ2n) is 5.55. The molecule has 1 atom stereocenters. The average Bonchev–Trinajstić information content (AvgIpc) is 2.47. The number of hydrogen-bond acceptors (Lipinski definition) is 5. The van der Waals surface area contributed by atoms with E-state index in [0.29, 0.717) is 0 Å². The fourth-order valence-electron chi connectivity index (χ4n) is 3.36. The van der Waals surface area contributed by atoms with Gasteiger partial charge in [-0.1, -0.05) is 6.42 Å². The molecule has 5 nitrogen and oxygen atoms in total. The summed E-state index contributed by atoms with van der Waals surface area (Å²) < 4.78 is 0. The number of nitrogens with zero attached hydrogens (tertiary/aromatic N) is 4. The van der Waals surface area contributed by atoms with Gasteiger partial charge >= 0.3 is 0 Å². The van der Waals surface area contributed by atoms with E-state index in [2.05, 4.69) is 32.0 Å². The lowest BCUT2D eigenvalue weighted by Crippen LogP contribution is -2.55. The molecule has 3 heterocycles. The molecule has 0 radical (unpaired) electrons. The summed E-state index contributed by atoms with van der Waals surface area (Å²) in [5, 5.41) is 3.14. The van der Waals surface area contributed by atoms with Gasteiger partial charge in [0.2, 0.25) is 0 Å². The van der Waals surface area contributed by atoms with Crippen molar-refractivity contribution in [1.29, 1.82) is 0 Å². The van der Waals surface area contributed by atoms with E-state index in [-0.39, 0.29) is 0 Å². The third-order valence-electron chi connectivity index (χ3n) is 4.43. The van der Waals surface area contributed by atoms with Crippen LogP contribution in [-0.2, 0) is 0 Å². The van der Waals surface area contributed by atoms with Crippen molar-refractivity contribution in [3.63, 3.8) is 0 Å². The van der Waals surface area contributed by atoms with E-state index in [0.717, 1.165) is 36.3 Å². The maximum atomic E-state index is 4.50. The van der Waals surface area contributed by atoms with Gasteiger partial charge in [0.25, 0.3) is 0 Å². The molecular weight excluding hydrogens is 238 g/mol. The van der Waals surface area contributed by atoms with Crippen molar-refractivity contribution >= 4 is 11.6 Å². The molecule has 1 unspecified atom stereocenters. The Balaban J connectivity index is 1.79. The highest BCUT2D eigenvalue weighted by atomic mass is 15.3. The van der Waals surface area contributed by atoms with Crippen molar-refractivity contribution in [2.75, 3.05) is 43.4 Å². The van der Waals surface area contributed by atoms with Crippen LogP contribution in [0.15, 0.2) is 6.33 Å². The van der Waals surface area contributed by atoms with Crippen molar-refractivity contribution in [3.8, 4) is 0 Å². The Morgan fingerprint density at radius 2 is 2.11 bits per heavy atom. The Kier molecular flexibility index (Phi) is 3.55. The summed E-state index contributed by atoms with van der Waals surface area (Å²) in [7, 11) is 1.91. The van der Waals surface area contributed by atoms with Gasteiger partial charge in [-0.15, -0.1) is 0 Å². The molecule has 0 saturated carbocycles. The average molecular weight is 261 g/mol. The summed E-state index contributed by atoms with van der Waals surface area (Å²) in [4.78, 5) is 13.9. The summed E-state index contributed by atoms with van der Waals surface area (Å²) in [6.07, 6.45) is 5.74. The first-order valence-electron chi connectivity index (χ1n) is 7.28. The van der Waals surface area contributed by atoms with Gasteiger partial charge in [-0.05, 0) is 26.3 Å². The van der Waals surface area contributed by atoms with Crippen molar-refractivity contribution in [2.24, 2.45) is 0 Å². The molecule has 0 aromatic carbocycles. The lowest BCUT2D eigenvalue weighted by Gasteiger charge is -2.44. The third kappa shape index (κ3) is 2.39. The third-order valence-corrected chi connectivity index (χ3v) is 4.43. The van der Waals surface area contributed by atoms with Crippen LogP contribution in [0.5, 0.6) is 0 Å². The molecule has 1 aromatic heterocycles. The largest absolute Gasteiger partial charge is 0.373 e.